The molecule has 32 heavy (non-hydrogen) atoms. The number of rotatable bonds is 5. The maximum Gasteiger partial charge on any atom is 0.289 e. The summed E-state index contributed by atoms with van der Waals surface area (Å²) < 4.78 is 0. The summed E-state index contributed by atoms with van der Waals surface area (Å²) in [6.45, 7) is 3.57. The standard InChI is InChI=1S/C23H22N4O3S.ClH/c28-21-12-31-23(30)27(21)9-13-1-2-20-18(4-13)19(22(29)25-20)6-17-3-14(7-24-17)8-26-10-15-5-16(15)11-26;/h1-4,6-7,15-16,24H,5,8-12H2,(H,25,29);1H/t15-,16?;/m1./s1. The molecule has 2 aromatic rings. The topological polar surface area (TPSA) is 85.5 Å². The Labute approximate surface area is 196 Å². The first kappa shape index (κ1) is 21.3. The number of carbonyl (C=O) groups excluding carboxylic acids is 3. The Bertz CT molecular complexity index is 1130. The lowest BCUT2D eigenvalue weighted by atomic mass is 10.0. The Morgan fingerprint density at radius 2 is 1.88 bits per heavy atom. The van der Waals surface area contributed by atoms with Crippen molar-refractivity contribution in [2.45, 2.75) is 19.5 Å². The molecule has 3 aliphatic heterocycles. The van der Waals surface area contributed by atoms with Gasteiger partial charge in [-0.05, 0) is 53.7 Å². The molecule has 4 heterocycles. The molecule has 0 spiro atoms. The summed E-state index contributed by atoms with van der Waals surface area (Å²) in [6.07, 6.45) is 5.29. The van der Waals surface area contributed by atoms with Gasteiger partial charge in [-0.3, -0.25) is 24.2 Å². The molecule has 3 amide bonds. The molecule has 6 rings (SSSR count). The SMILES string of the molecule is Cl.O=C1Nc2ccc(CN3C(=O)CSC3=O)cc2C1=Cc1cc(CN2CC3C[C@@H]3C2)c[nH]1. The van der Waals surface area contributed by atoms with Gasteiger partial charge in [-0.2, -0.15) is 0 Å². The van der Waals surface area contributed by atoms with Crippen LogP contribution in [0.4, 0.5) is 10.5 Å². The van der Waals surface area contributed by atoms with E-state index >= 15 is 0 Å². The molecule has 166 valence electrons. The molecule has 3 fully saturated rings. The van der Waals surface area contributed by atoms with Crippen molar-refractivity contribution >= 4 is 58.6 Å². The van der Waals surface area contributed by atoms with Crippen LogP contribution in [0.25, 0.3) is 11.6 Å². The molecule has 1 saturated carbocycles. The minimum Gasteiger partial charge on any atom is -0.361 e. The molecule has 0 radical (unpaired) electrons. The predicted molar refractivity (Wildman–Crippen MR) is 126 cm³/mol. The molecule has 1 unspecified atom stereocenters. The van der Waals surface area contributed by atoms with Gasteiger partial charge in [0.2, 0.25) is 5.91 Å². The van der Waals surface area contributed by atoms with E-state index in [1.807, 2.05) is 30.5 Å². The second-order valence-electron chi connectivity index (χ2n) is 8.84. The van der Waals surface area contributed by atoms with E-state index in [1.165, 1.54) is 30.0 Å². The van der Waals surface area contributed by atoms with E-state index in [1.54, 1.807) is 0 Å². The highest BCUT2D eigenvalue weighted by molar-refractivity contribution is 8.14. The number of benzene rings is 1. The lowest BCUT2D eigenvalue weighted by Gasteiger charge is -2.15. The minimum absolute atomic E-state index is 0. The van der Waals surface area contributed by atoms with Crippen LogP contribution in [-0.4, -0.2) is 50.7 Å². The number of hydrogen-bond acceptors (Lipinski definition) is 5. The Morgan fingerprint density at radius 3 is 2.62 bits per heavy atom. The first-order valence-electron chi connectivity index (χ1n) is 10.6. The number of piperidine rings is 1. The van der Waals surface area contributed by atoms with Crippen LogP contribution in [0.15, 0.2) is 30.5 Å². The lowest BCUT2D eigenvalue weighted by molar-refractivity contribution is -0.125. The molecule has 1 aromatic carbocycles. The highest BCUT2D eigenvalue weighted by atomic mass is 35.5. The van der Waals surface area contributed by atoms with Gasteiger partial charge in [0.05, 0.1) is 17.9 Å². The zero-order chi connectivity index (χ0) is 21.1. The summed E-state index contributed by atoms with van der Waals surface area (Å²) >= 11 is 1.03. The third-order valence-electron chi connectivity index (χ3n) is 6.57. The van der Waals surface area contributed by atoms with Gasteiger partial charge in [0.25, 0.3) is 11.1 Å². The fraction of sp³-hybridized carbons (Fsp3) is 0.348. The van der Waals surface area contributed by atoms with E-state index < -0.39 is 0 Å². The van der Waals surface area contributed by atoms with Crippen molar-refractivity contribution in [3.8, 4) is 0 Å². The number of carbonyl (C=O) groups is 3. The van der Waals surface area contributed by atoms with Crippen molar-refractivity contribution in [2.75, 3.05) is 24.2 Å². The zero-order valence-electron chi connectivity index (χ0n) is 17.3. The average molecular weight is 471 g/mol. The third kappa shape index (κ3) is 3.87. The van der Waals surface area contributed by atoms with Crippen molar-refractivity contribution in [3.63, 3.8) is 0 Å². The summed E-state index contributed by atoms with van der Waals surface area (Å²) in [7, 11) is 0. The monoisotopic (exact) mass is 470 g/mol. The highest BCUT2D eigenvalue weighted by Crippen LogP contribution is 2.45. The Kier molecular flexibility index (Phi) is 5.39. The van der Waals surface area contributed by atoms with Gasteiger partial charge in [-0.25, -0.2) is 0 Å². The molecule has 9 heteroatoms. The number of aromatic amines is 1. The van der Waals surface area contributed by atoms with Crippen LogP contribution in [0.2, 0.25) is 0 Å². The molecule has 7 nitrogen and oxygen atoms in total. The number of nitrogens with one attached hydrogen (secondary N) is 2. The Morgan fingerprint density at radius 1 is 1.06 bits per heavy atom. The van der Waals surface area contributed by atoms with Crippen LogP contribution in [0.5, 0.6) is 0 Å². The van der Waals surface area contributed by atoms with Gasteiger partial charge in [-0.15, -0.1) is 12.4 Å². The Hall–Kier alpha value is -2.55. The fourth-order valence-electron chi connectivity index (χ4n) is 4.87. The molecule has 0 bridgehead atoms. The van der Waals surface area contributed by atoms with Gasteiger partial charge >= 0.3 is 0 Å². The molecule has 1 aliphatic carbocycles. The minimum atomic E-state index is -0.218. The number of imide groups is 1. The number of hydrogen-bond donors (Lipinski definition) is 2. The van der Waals surface area contributed by atoms with Gasteiger partial charge in [0.1, 0.15) is 0 Å². The molecule has 2 N–H and O–H groups in total. The second-order valence-corrected chi connectivity index (χ2v) is 9.77. The van der Waals surface area contributed by atoms with Crippen molar-refractivity contribution in [3.05, 3.63) is 52.8 Å². The van der Waals surface area contributed by atoms with Gasteiger partial charge < -0.3 is 10.3 Å². The molecule has 4 aliphatic rings. The normalized spacial score (nSPS) is 25.2. The van der Waals surface area contributed by atoms with Crippen molar-refractivity contribution < 1.29 is 14.4 Å². The van der Waals surface area contributed by atoms with Crippen LogP contribution in [0.3, 0.4) is 0 Å². The fourth-order valence-corrected chi connectivity index (χ4v) is 5.59. The average Bonchev–Trinajstić information content (AvgIpc) is 3.10. The third-order valence-corrected chi connectivity index (χ3v) is 7.43. The number of halogens is 1. The van der Waals surface area contributed by atoms with Crippen LogP contribution in [0.1, 0.15) is 28.8 Å². The van der Waals surface area contributed by atoms with Gasteiger partial charge in [0.15, 0.2) is 0 Å². The number of amides is 3. The predicted octanol–water partition coefficient (Wildman–Crippen LogP) is 3.58. The van der Waals surface area contributed by atoms with E-state index in [2.05, 4.69) is 21.3 Å². The number of likely N-dealkylation sites (tertiary alicyclic amines) is 1. The lowest BCUT2D eigenvalue weighted by Crippen LogP contribution is -2.27. The van der Waals surface area contributed by atoms with Crippen LogP contribution >= 0.6 is 24.2 Å². The number of H-pyrrole nitrogens is 1. The van der Waals surface area contributed by atoms with Gasteiger partial charge in [-0.1, -0.05) is 17.8 Å². The smallest absolute Gasteiger partial charge is 0.289 e. The number of thioether (sulfide) groups is 1. The van der Waals surface area contributed by atoms with Crippen molar-refractivity contribution in [2.24, 2.45) is 11.8 Å². The van der Waals surface area contributed by atoms with E-state index in [-0.39, 0.29) is 41.8 Å². The summed E-state index contributed by atoms with van der Waals surface area (Å²) in [4.78, 5) is 43.5. The summed E-state index contributed by atoms with van der Waals surface area (Å²) in [5.41, 5.74) is 5.07. The van der Waals surface area contributed by atoms with E-state index in [4.69, 9.17) is 0 Å². The Balaban J connectivity index is 0.00000216. The number of fused-ring (bicyclic) bond motifs is 2. The summed E-state index contributed by atoms with van der Waals surface area (Å²) in [5.74, 6) is 1.71. The van der Waals surface area contributed by atoms with E-state index in [0.717, 1.165) is 52.7 Å². The molecule has 2 atom stereocenters. The number of aromatic nitrogens is 1. The number of anilines is 1. The molecule has 2 saturated heterocycles. The first-order chi connectivity index (χ1) is 15.0. The van der Waals surface area contributed by atoms with Crippen LogP contribution < -0.4 is 5.32 Å². The summed E-state index contributed by atoms with van der Waals surface area (Å²) in [6, 6.07) is 7.67. The maximum absolute atomic E-state index is 12.6. The maximum atomic E-state index is 12.6. The van der Waals surface area contributed by atoms with Crippen molar-refractivity contribution in [1.82, 2.24) is 14.8 Å². The highest BCUT2D eigenvalue weighted by Gasteiger charge is 2.44. The molecule has 1 aromatic heterocycles. The van der Waals surface area contributed by atoms with E-state index in [9.17, 15) is 14.4 Å². The first-order valence-corrected chi connectivity index (χ1v) is 11.5. The van der Waals surface area contributed by atoms with Crippen LogP contribution in [0, 0.1) is 11.8 Å². The quantitative estimate of drug-likeness (QED) is 0.652. The zero-order valence-corrected chi connectivity index (χ0v) is 18.9. The van der Waals surface area contributed by atoms with E-state index in [0.29, 0.717) is 5.57 Å². The summed E-state index contributed by atoms with van der Waals surface area (Å²) in [5, 5.41) is 2.68. The largest absolute Gasteiger partial charge is 0.361 e. The number of nitrogens with zero attached hydrogens (tertiary/aromatic N) is 2. The molecular weight excluding hydrogens is 448 g/mol. The second kappa shape index (κ2) is 8.10. The molecular formula is C23H23ClN4O3S. The van der Waals surface area contributed by atoms with Crippen LogP contribution in [-0.2, 0) is 22.7 Å². The van der Waals surface area contributed by atoms with Gasteiger partial charge in [0, 0.05) is 42.8 Å². The van der Waals surface area contributed by atoms with Crippen molar-refractivity contribution in [1.29, 1.82) is 0 Å².